The molecular weight excluding hydrogens is 304 g/mol. The monoisotopic (exact) mass is 330 g/mol. The SMILES string of the molecule is O=C(O)C1(C(=O)NC2CCCCCN(Cc3ccccc3)C2)CC1. The van der Waals surface area contributed by atoms with Crippen LogP contribution in [0, 0.1) is 5.41 Å². The molecule has 2 aliphatic rings. The van der Waals surface area contributed by atoms with Crippen molar-refractivity contribution < 1.29 is 14.7 Å². The molecule has 0 spiro atoms. The summed E-state index contributed by atoms with van der Waals surface area (Å²) >= 11 is 0. The van der Waals surface area contributed by atoms with Crippen molar-refractivity contribution in [3.63, 3.8) is 0 Å². The summed E-state index contributed by atoms with van der Waals surface area (Å²) in [5, 5.41) is 12.3. The van der Waals surface area contributed by atoms with Gasteiger partial charge in [-0.05, 0) is 37.8 Å². The van der Waals surface area contributed by atoms with Crippen molar-refractivity contribution in [2.24, 2.45) is 5.41 Å². The van der Waals surface area contributed by atoms with Crippen LogP contribution in [0.5, 0.6) is 0 Å². The molecule has 1 aliphatic carbocycles. The van der Waals surface area contributed by atoms with Gasteiger partial charge in [0.05, 0.1) is 0 Å². The first-order valence-corrected chi connectivity index (χ1v) is 8.91. The van der Waals surface area contributed by atoms with E-state index in [4.69, 9.17) is 0 Å². The van der Waals surface area contributed by atoms with Gasteiger partial charge in [0.2, 0.25) is 5.91 Å². The minimum Gasteiger partial charge on any atom is -0.480 e. The Morgan fingerprint density at radius 1 is 1.17 bits per heavy atom. The van der Waals surface area contributed by atoms with Gasteiger partial charge in [-0.15, -0.1) is 0 Å². The number of carboxylic acid groups (broad SMARTS) is 1. The summed E-state index contributed by atoms with van der Waals surface area (Å²) in [6.07, 6.45) is 5.27. The van der Waals surface area contributed by atoms with Gasteiger partial charge in [-0.2, -0.15) is 0 Å². The molecule has 1 atom stereocenters. The van der Waals surface area contributed by atoms with E-state index in [-0.39, 0.29) is 11.9 Å². The molecule has 130 valence electrons. The number of amides is 1. The van der Waals surface area contributed by atoms with Gasteiger partial charge in [0.15, 0.2) is 0 Å². The number of likely N-dealkylation sites (tertiary alicyclic amines) is 1. The molecule has 1 aromatic rings. The highest BCUT2D eigenvalue weighted by Gasteiger charge is 2.57. The van der Waals surface area contributed by atoms with E-state index in [1.54, 1.807) is 0 Å². The molecule has 1 heterocycles. The van der Waals surface area contributed by atoms with Gasteiger partial charge in [0.25, 0.3) is 0 Å². The molecule has 1 saturated carbocycles. The van der Waals surface area contributed by atoms with E-state index >= 15 is 0 Å². The number of carbonyl (C=O) groups is 2. The maximum Gasteiger partial charge on any atom is 0.319 e. The molecule has 5 heteroatoms. The third-order valence-corrected chi connectivity index (χ3v) is 5.18. The molecule has 1 aromatic carbocycles. The normalized spacial score (nSPS) is 23.8. The Morgan fingerprint density at radius 2 is 1.92 bits per heavy atom. The highest BCUT2D eigenvalue weighted by atomic mass is 16.4. The number of benzene rings is 1. The zero-order valence-electron chi connectivity index (χ0n) is 14.0. The van der Waals surface area contributed by atoms with Gasteiger partial charge in [-0.1, -0.05) is 43.2 Å². The van der Waals surface area contributed by atoms with Crippen molar-refractivity contribution in [2.45, 2.75) is 51.1 Å². The minimum absolute atomic E-state index is 0.0401. The molecule has 1 amide bonds. The largest absolute Gasteiger partial charge is 0.480 e. The second-order valence-corrected chi connectivity index (χ2v) is 7.13. The van der Waals surface area contributed by atoms with Gasteiger partial charge < -0.3 is 10.4 Å². The van der Waals surface area contributed by atoms with Crippen molar-refractivity contribution in [1.29, 1.82) is 0 Å². The molecule has 0 aromatic heterocycles. The third-order valence-electron chi connectivity index (χ3n) is 5.18. The van der Waals surface area contributed by atoms with Crippen molar-refractivity contribution >= 4 is 11.9 Å². The lowest BCUT2D eigenvalue weighted by molar-refractivity contribution is -0.149. The standard InChI is InChI=1S/C19H26N2O3/c22-17(19(10-11-19)18(23)24)20-16-9-5-2-6-12-21(14-16)13-15-7-3-1-4-8-15/h1,3-4,7-8,16H,2,5-6,9-14H2,(H,20,22)(H,23,24). The molecule has 0 radical (unpaired) electrons. The summed E-state index contributed by atoms with van der Waals surface area (Å²) in [7, 11) is 0. The second kappa shape index (κ2) is 7.34. The first-order valence-electron chi connectivity index (χ1n) is 8.91. The molecule has 2 fully saturated rings. The summed E-state index contributed by atoms with van der Waals surface area (Å²) in [4.78, 5) is 26.1. The molecular formula is C19H26N2O3. The highest BCUT2D eigenvalue weighted by Crippen LogP contribution is 2.46. The van der Waals surface area contributed by atoms with E-state index in [1.807, 2.05) is 18.2 Å². The Morgan fingerprint density at radius 3 is 2.58 bits per heavy atom. The van der Waals surface area contributed by atoms with E-state index < -0.39 is 11.4 Å². The van der Waals surface area contributed by atoms with Crippen LogP contribution in [-0.4, -0.2) is 41.0 Å². The van der Waals surface area contributed by atoms with Gasteiger partial charge in [-0.3, -0.25) is 14.5 Å². The summed E-state index contributed by atoms with van der Waals surface area (Å²) < 4.78 is 0. The number of hydrogen-bond acceptors (Lipinski definition) is 3. The van der Waals surface area contributed by atoms with Crippen LogP contribution in [0.2, 0.25) is 0 Å². The molecule has 5 nitrogen and oxygen atoms in total. The van der Waals surface area contributed by atoms with Crippen LogP contribution in [0.4, 0.5) is 0 Å². The predicted molar refractivity (Wildman–Crippen MR) is 91.4 cm³/mol. The summed E-state index contributed by atoms with van der Waals surface area (Å²) in [5.74, 6) is -1.27. The number of nitrogens with one attached hydrogen (secondary N) is 1. The lowest BCUT2D eigenvalue weighted by Gasteiger charge is -2.31. The Labute approximate surface area is 143 Å². The number of rotatable bonds is 5. The van der Waals surface area contributed by atoms with E-state index in [1.165, 1.54) is 12.0 Å². The molecule has 1 saturated heterocycles. The van der Waals surface area contributed by atoms with Gasteiger partial charge >= 0.3 is 5.97 Å². The number of hydrogen-bond donors (Lipinski definition) is 2. The minimum atomic E-state index is -1.15. The topological polar surface area (TPSA) is 69.6 Å². The lowest BCUT2D eigenvalue weighted by Crippen LogP contribution is -2.48. The molecule has 1 aliphatic heterocycles. The number of aliphatic carboxylic acids is 1. The van der Waals surface area contributed by atoms with Crippen molar-refractivity contribution in [2.75, 3.05) is 13.1 Å². The smallest absolute Gasteiger partial charge is 0.319 e. The fourth-order valence-electron chi connectivity index (χ4n) is 3.49. The molecule has 1 unspecified atom stereocenters. The van der Waals surface area contributed by atoms with E-state index in [9.17, 15) is 14.7 Å². The van der Waals surface area contributed by atoms with E-state index in [0.717, 1.165) is 38.9 Å². The maximum absolute atomic E-state index is 12.4. The van der Waals surface area contributed by atoms with Crippen molar-refractivity contribution in [1.82, 2.24) is 10.2 Å². The summed E-state index contributed by atoms with van der Waals surface area (Å²) in [6, 6.07) is 10.4. The van der Waals surface area contributed by atoms with Crippen molar-refractivity contribution in [3.05, 3.63) is 35.9 Å². The first-order chi connectivity index (χ1) is 11.6. The zero-order chi connectivity index (χ0) is 17.0. The van der Waals surface area contributed by atoms with Gasteiger partial charge in [-0.25, -0.2) is 0 Å². The predicted octanol–water partition coefficient (Wildman–Crippen LogP) is 2.41. The Bertz CT molecular complexity index is 584. The molecule has 24 heavy (non-hydrogen) atoms. The second-order valence-electron chi connectivity index (χ2n) is 7.13. The quantitative estimate of drug-likeness (QED) is 0.814. The number of nitrogens with zero attached hydrogens (tertiary/aromatic N) is 1. The van der Waals surface area contributed by atoms with Crippen LogP contribution in [-0.2, 0) is 16.1 Å². The number of carbonyl (C=O) groups excluding carboxylic acids is 1. The average molecular weight is 330 g/mol. The fourth-order valence-corrected chi connectivity index (χ4v) is 3.49. The first kappa shape index (κ1) is 17.0. The Kier molecular flexibility index (Phi) is 5.19. The van der Waals surface area contributed by atoms with Crippen LogP contribution in [0.25, 0.3) is 0 Å². The maximum atomic E-state index is 12.4. The Hall–Kier alpha value is -1.88. The molecule has 2 N–H and O–H groups in total. The zero-order valence-corrected chi connectivity index (χ0v) is 14.0. The van der Waals surface area contributed by atoms with E-state index in [0.29, 0.717) is 12.8 Å². The van der Waals surface area contributed by atoms with Crippen molar-refractivity contribution in [3.8, 4) is 0 Å². The van der Waals surface area contributed by atoms with Gasteiger partial charge in [0.1, 0.15) is 5.41 Å². The summed E-state index contributed by atoms with van der Waals surface area (Å²) in [5.41, 5.74) is 0.124. The third kappa shape index (κ3) is 3.96. The fraction of sp³-hybridized carbons (Fsp3) is 0.579. The highest BCUT2D eigenvalue weighted by molar-refractivity contribution is 6.04. The van der Waals surface area contributed by atoms with E-state index in [2.05, 4.69) is 22.3 Å². The average Bonchev–Trinajstić information content (AvgIpc) is 3.34. The molecule has 3 rings (SSSR count). The Balaban J connectivity index is 1.61. The van der Waals surface area contributed by atoms with Crippen LogP contribution in [0.1, 0.15) is 44.1 Å². The van der Waals surface area contributed by atoms with Crippen LogP contribution in [0.15, 0.2) is 30.3 Å². The van der Waals surface area contributed by atoms with Crippen LogP contribution in [0.3, 0.4) is 0 Å². The lowest BCUT2D eigenvalue weighted by atomic mass is 10.0. The van der Waals surface area contributed by atoms with Crippen LogP contribution < -0.4 is 5.32 Å². The van der Waals surface area contributed by atoms with Gasteiger partial charge in [0, 0.05) is 19.1 Å². The summed E-state index contributed by atoms with van der Waals surface area (Å²) in [6.45, 7) is 2.68. The number of carboxylic acids is 1. The van der Waals surface area contributed by atoms with Crippen LogP contribution >= 0.6 is 0 Å². The molecule has 0 bridgehead atoms.